The summed E-state index contributed by atoms with van der Waals surface area (Å²) in [5.41, 5.74) is 6.50. The van der Waals surface area contributed by atoms with Gasteiger partial charge in [0.05, 0.1) is 5.60 Å². The lowest BCUT2D eigenvalue weighted by atomic mass is 9.79. The maximum Gasteiger partial charge on any atom is 0.0689 e. The van der Waals surface area contributed by atoms with Crippen LogP contribution in [0, 0.1) is 0 Å². The molecule has 0 atom stereocenters. The molecule has 1 aliphatic carbocycles. The Morgan fingerprint density at radius 3 is 2.69 bits per heavy atom. The van der Waals surface area contributed by atoms with E-state index in [9.17, 15) is 5.11 Å². The molecule has 0 radical (unpaired) electrons. The van der Waals surface area contributed by atoms with Gasteiger partial charge in [-0.05, 0) is 43.4 Å². The van der Waals surface area contributed by atoms with Crippen molar-refractivity contribution in [1.29, 1.82) is 0 Å². The molecule has 2 nitrogen and oxygen atoms in total. The van der Waals surface area contributed by atoms with E-state index < -0.39 is 5.60 Å². The van der Waals surface area contributed by atoms with Gasteiger partial charge in [-0.15, -0.1) is 0 Å². The minimum absolute atomic E-state index is 0.280. The lowest BCUT2D eigenvalue weighted by Crippen LogP contribution is -2.40. The fraction of sp³-hybridized carbons (Fsp3) is 0.538. The van der Waals surface area contributed by atoms with Crippen LogP contribution in [0.1, 0.15) is 31.2 Å². The van der Waals surface area contributed by atoms with Crippen LogP contribution in [0.5, 0.6) is 0 Å². The quantitative estimate of drug-likeness (QED) is 0.877. The molecule has 0 bridgehead atoms. The first-order valence-electron chi connectivity index (χ1n) is 5.80. The van der Waals surface area contributed by atoms with E-state index in [0.717, 1.165) is 36.6 Å². The summed E-state index contributed by atoms with van der Waals surface area (Å²) in [6, 6.07) is 8.44. The summed E-state index contributed by atoms with van der Waals surface area (Å²) in [5.74, 6) is 0. The average molecular weight is 284 g/mol. The molecule has 88 valence electrons. The first kappa shape index (κ1) is 12.1. The Kier molecular flexibility index (Phi) is 3.67. The van der Waals surface area contributed by atoms with Crippen molar-refractivity contribution in [2.75, 3.05) is 0 Å². The summed E-state index contributed by atoms with van der Waals surface area (Å²) in [7, 11) is 0. The van der Waals surface area contributed by atoms with Crippen LogP contribution in [-0.2, 0) is 6.42 Å². The molecule has 3 heteroatoms. The van der Waals surface area contributed by atoms with Gasteiger partial charge in [0, 0.05) is 16.9 Å². The van der Waals surface area contributed by atoms with Crippen LogP contribution in [0.4, 0.5) is 0 Å². The lowest BCUT2D eigenvalue weighted by Gasteiger charge is -2.35. The number of benzene rings is 1. The Hall–Kier alpha value is -0.380. The van der Waals surface area contributed by atoms with Gasteiger partial charge in [0.25, 0.3) is 0 Å². The van der Waals surface area contributed by atoms with Crippen LogP contribution >= 0.6 is 15.9 Å². The third-order valence-electron chi connectivity index (χ3n) is 3.38. The van der Waals surface area contributed by atoms with Crippen LogP contribution in [0.3, 0.4) is 0 Å². The lowest BCUT2D eigenvalue weighted by molar-refractivity contribution is 0.000207. The van der Waals surface area contributed by atoms with Gasteiger partial charge in [-0.25, -0.2) is 0 Å². The number of aliphatic hydroxyl groups is 1. The number of halogens is 1. The standard InChI is InChI=1S/C13H18BrNO/c14-11-3-1-2-10(8-11)9-13(16)6-4-12(15)5-7-13/h1-3,8,12,16H,4-7,9,15H2. The van der Waals surface area contributed by atoms with E-state index in [4.69, 9.17) is 5.73 Å². The molecule has 2 rings (SSSR count). The molecule has 0 spiro atoms. The first-order valence-corrected chi connectivity index (χ1v) is 6.59. The SMILES string of the molecule is NC1CCC(O)(Cc2cccc(Br)c2)CC1. The van der Waals surface area contributed by atoms with Gasteiger partial charge >= 0.3 is 0 Å². The topological polar surface area (TPSA) is 46.2 Å². The molecule has 1 aromatic rings. The van der Waals surface area contributed by atoms with Crippen molar-refractivity contribution in [3.63, 3.8) is 0 Å². The number of hydrogen-bond donors (Lipinski definition) is 2. The zero-order valence-electron chi connectivity index (χ0n) is 9.32. The van der Waals surface area contributed by atoms with E-state index in [1.807, 2.05) is 12.1 Å². The molecule has 0 saturated heterocycles. The summed E-state index contributed by atoms with van der Waals surface area (Å²) in [5, 5.41) is 10.5. The Morgan fingerprint density at radius 1 is 1.38 bits per heavy atom. The molecule has 0 heterocycles. The largest absolute Gasteiger partial charge is 0.390 e. The second kappa shape index (κ2) is 4.86. The normalized spacial score (nSPS) is 30.3. The van der Waals surface area contributed by atoms with Crippen molar-refractivity contribution in [3.05, 3.63) is 34.3 Å². The zero-order chi connectivity index (χ0) is 11.6. The van der Waals surface area contributed by atoms with E-state index in [1.165, 1.54) is 5.56 Å². The summed E-state index contributed by atoms with van der Waals surface area (Å²) in [4.78, 5) is 0. The minimum atomic E-state index is -0.545. The van der Waals surface area contributed by atoms with E-state index in [1.54, 1.807) is 0 Å². The predicted molar refractivity (Wildman–Crippen MR) is 69.2 cm³/mol. The monoisotopic (exact) mass is 283 g/mol. The maximum atomic E-state index is 10.5. The molecule has 1 aliphatic rings. The van der Waals surface area contributed by atoms with Crippen molar-refractivity contribution in [1.82, 2.24) is 0 Å². The molecule has 1 aromatic carbocycles. The molecule has 1 saturated carbocycles. The van der Waals surface area contributed by atoms with Gasteiger partial charge in [-0.3, -0.25) is 0 Å². The second-order valence-electron chi connectivity index (χ2n) is 4.87. The molecular weight excluding hydrogens is 266 g/mol. The Bertz CT molecular complexity index is 359. The molecular formula is C13H18BrNO. The minimum Gasteiger partial charge on any atom is -0.390 e. The number of hydrogen-bond acceptors (Lipinski definition) is 2. The van der Waals surface area contributed by atoms with Crippen molar-refractivity contribution < 1.29 is 5.11 Å². The van der Waals surface area contributed by atoms with Crippen LogP contribution in [0.25, 0.3) is 0 Å². The van der Waals surface area contributed by atoms with Crippen molar-refractivity contribution in [2.45, 2.75) is 43.7 Å². The highest BCUT2D eigenvalue weighted by molar-refractivity contribution is 9.10. The molecule has 16 heavy (non-hydrogen) atoms. The smallest absolute Gasteiger partial charge is 0.0689 e. The van der Waals surface area contributed by atoms with Gasteiger partial charge in [-0.1, -0.05) is 28.1 Å². The Morgan fingerprint density at radius 2 is 2.06 bits per heavy atom. The fourth-order valence-corrected chi connectivity index (χ4v) is 2.83. The van der Waals surface area contributed by atoms with Crippen LogP contribution in [0.2, 0.25) is 0 Å². The molecule has 0 amide bonds. The summed E-state index contributed by atoms with van der Waals surface area (Å²) in [6.07, 6.45) is 4.25. The average Bonchev–Trinajstić information content (AvgIpc) is 2.23. The Balaban J connectivity index is 2.03. The Labute approximate surface area is 105 Å². The van der Waals surface area contributed by atoms with Crippen molar-refractivity contribution in [2.24, 2.45) is 5.73 Å². The van der Waals surface area contributed by atoms with Crippen molar-refractivity contribution >= 4 is 15.9 Å². The second-order valence-corrected chi connectivity index (χ2v) is 5.78. The van der Waals surface area contributed by atoms with Crippen LogP contribution in [-0.4, -0.2) is 16.7 Å². The summed E-state index contributed by atoms with van der Waals surface area (Å²) in [6.45, 7) is 0. The highest BCUT2D eigenvalue weighted by Gasteiger charge is 2.31. The van der Waals surface area contributed by atoms with Gasteiger partial charge in [0.2, 0.25) is 0 Å². The highest BCUT2D eigenvalue weighted by atomic mass is 79.9. The highest BCUT2D eigenvalue weighted by Crippen LogP contribution is 2.31. The first-order chi connectivity index (χ1) is 7.57. The maximum absolute atomic E-state index is 10.5. The van der Waals surface area contributed by atoms with E-state index in [0.29, 0.717) is 0 Å². The number of nitrogens with two attached hydrogens (primary N) is 1. The third-order valence-corrected chi connectivity index (χ3v) is 3.88. The molecule has 0 unspecified atom stereocenters. The molecule has 3 N–H and O–H groups in total. The third kappa shape index (κ3) is 3.06. The predicted octanol–water partition coefficient (Wildman–Crippen LogP) is 2.62. The van der Waals surface area contributed by atoms with Gasteiger partial charge < -0.3 is 10.8 Å². The van der Waals surface area contributed by atoms with Gasteiger partial charge in [-0.2, -0.15) is 0 Å². The molecule has 1 fully saturated rings. The van der Waals surface area contributed by atoms with Crippen molar-refractivity contribution in [3.8, 4) is 0 Å². The zero-order valence-corrected chi connectivity index (χ0v) is 10.9. The van der Waals surface area contributed by atoms with Gasteiger partial charge in [0.15, 0.2) is 0 Å². The van der Waals surface area contributed by atoms with E-state index in [-0.39, 0.29) is 6.04 Å². The van der Waals surface area contributed by atoms with E-state index in [2.05, 4.69) is 28.1 Å². The summed E-state index contributed by atoms with van der Waals surface area (Å²) >= 11 is 3.45. The van der Waals surface area contributed by atoms with Gasteiger partial charge in [0.1, 0.15) is 0 Å². The van der Waals surface area contributed by atoms with E-state index >= 15 is 0 Å². The molecule has 0 aliphatic heterocycles. The van der Waals surface area contributed by atoms with Crippen LogP contribution in [0.15, 0.2) is 28.7 Å². The van der Waals surface area contributed by atoms with Crippen LogP contribution < -0.4 is 5.73 Å². The number of rotatable bonds is 2. The molecule has 0 aromatic heterocycles. The summed E-state index contributed by atoms with van der Waals surface area (Å²) < 4.78 is 1.07. The fourth-order valence-electron chi connectivity index (χ4n) is 2.38.